The summed E-state index contributed by atoms with van der Waals surface area (Å²) >= 11 is 0. The Morgan fingerprint density at radius 1 is 1.05 bits per heavy atom. The molecule has 2 aromatic heterocycles. The van der Waals surface area contributed by atoms with Crippen molar-refractivity contribution in [2.45, 2.75) is 43.8 Å². The summed E-state index contributed by atoms with van der Waals surface area (Å²) in [5.74, 6) is 2.99. The highest BCUT2D eigenvalue weighted by Crippen LogP contribution is 2.35. The minimum Gasteiger partial charge on any atom is -0.462 e. The molecule has 7 rings (SSSR count). The van der Waals surface area contributed by atoms with Crippen LogP contribution in [0.15, 0.2) is 42.5 Å². The van der Waals surface area contributed by atoms with E-state index < -0.39 is 5.82 Å². The van der Waals surface area contributed by atoms with Crippen molar-refractivity contribution >= 4 is 27.6 Å². The molecule has 39 heavy (non-hydrogen) atoms. The highest BCUT2D eigenvalue weighted by molar-refractivity contribution is 6.01. The number of rotatable bonds is 5. The summed E-state index contributed by atoms with van der Waals surface area (Å²) in [4.78, 5) is 19.4. The van der Waals surface area contributed by atoms with Gasteiger partial charge in [-0.15, -0.1) is 6.42 Å². The molecule has 7 nitrogen and oxygen atoms in total. The fraction of sp³-hybridized carbons (Fsp3) is 0.387. The van der Waals surface area contributed by atoms with E-state index in [1.807, 2.05) is 30.3 Å². The topological polar surface area (TPSA) is 66.4 Å². The number of halogens is 1. The van der Waals surface area contributed by atoms with E-state index in [-0.39, 0.29) is 5.56 Å². The lowest BCUT2D eigenvalue weighted by Gasteiger charge is -2.34. The Morgan fingerprint density at radius 3 is 2.67 bits per heavy atom. The first-order valence-electron chi connectivity index (χ1n) is 13.8. The quantitative estimate of drug-likeness (QED) is 0.390. The van der Waals surface area contributed by atoms with Crippen LogP contribution in [0.5, 0.6) is 6.01 Å². The number of hydrogen-bond acceptors (Lipinski definition) is 7. The summed E-state index contributed by atoms with van der Waals surface area (Å²) in [5, 5.41) is 6.13. The van der Waals surface area contributed by atoms with Gasteiger partial charge in [-0.05, 0) is 62.9 Å². The first-order valence-corrected chi connectivity index (χ1v) is 13.8. The normalized spacial score (nSPS) is 23.0. The molecule has 0 radical (unpaired) electrons. The molecule has 3 unspecified atom stereocenters. The van der Waals surface area contributed by atoms with Gasteiger partial charge in [0.1, 0.15) is 18.2 Å². The largest absolute Gasteiger partial charge is 0.462 e. The van der Waals surface area contributed by atoms with E-state index in [1.165, 1.54) is 25.3 Å². The van der Waals surface area contributed by atoms with Gasteiger partial charge in [0.15, 0.2) is 5.65 Å². The molecular weight excluding hydrogens is 491 g/mol. The number of aromatic nitrogens is 3. The maximum atomic E-state index is 14.7. The van der Waals surface area contributed by atoms with Crippen molar-refractivity contribution in [3.05, 3.63) is 53.8 Å². The number of terminal acetylenes is 1. The van der Waals surface area contributed by atoms with Gasteiger partial charge in [-0.1, -0.05) is 30.2 Å². The van der Waals surface area contributed by atoms with Crippen LogP contribution in [0.25, 0.3) is 33.1 Å². The lowest BCUT2D eigenvalue weighted by molar-refractivity contribution is 0.188. The van der Waals surface area contributed by atoms with Crippen LogP contribution < -0.4 is 15.0 Å². The fourth-order valence-electron chi connectivity index (χ4n) is 6.47. The Bertz CT molecular complexity index is 1600. The zero-order valence-corrected chi connectivity index (χ0v) is 22.0. The zero-order chi connectivity index (χ0) is 26.5. The van der Waals surface area contributed by atoms with Gasteiger partial charge in [-0.25, -0.2) is 9.37 Å². The van der Waals surface area contributed by atoms with Crippen LogP contribution in [0.2, 0.25) is 0 Å². The van der Waals surface area contributed by atoms with E-state index in [0.29, 0.717) is 47.5 Å². The third-order valence-corrected chi connectivity index (χ3v) is 8.53. The average Bonchev–Trinajstić information content (AvgIpc) is 3.53. The number of piperazine rings is 1. The van der Waals surface area contributed by atoms with Crippen molar-refractivity contribution in [3.63, 3.8) is 0 Å². The number of anilines is 1. The summed E-state index contributed by atoms with van der Waals surface area (Å²) in [6.45, 7) is 3.41. The molecule has 198 valence electrons. The van der Waals surface area contributed by atoms with E-state index >= 15 is 0 Å². The number of benzene rings is 2. The summed E-state index contributed by atoms with van der Waals surface area (Å²) in [7, 11) is 2.13. The predicted molar refractivity (Wildman–Crippen MR) is 151 cm³/mol. The van der Waals surface area contributed by atoms with Crippen LogP contribution in [0.1, 0.15) is 31.2 Å². The molecule has 2 aromatic carbocycles. The monoisotopic (exact) mass is 522 g/mol. The van der Waals surface area contributed by atoms with Crippen molar-refractivity contribution in [1.82, 2.24) is 25.2 Å². The summed E-state index contributed by atoms with van der Waals surface area (Å²) in [6.07, 6.45) is 10.4. The second-order valence-electron chi connectivity index (χ2n) is 11.0. The lowest BCUT2D eigenvalue weighted by atomic mass is 9.96. The number of likely N-dealkylation sites (tertiary alicyclic amines) is 1. The first kappa shape index (κ1) is 24.3. The van der Waals surface area contributed by atoms with Crippen LogP contribution in [0.4, 0.5) is 10.2 Å². The standard InChI is InChI=1S/C31H31FN6O/c1-3-23-26(32)13-9-19-6-4-8-24(28(19)23)27-14-12-25-29(34-27)35-31(39-18-22-7-5-15-37(22)2)36-30(25)38-16-20-10-11-21(17-38)33-20/h1,4,6,8-9,12-14,20-22,33H,5,7,10-11,15-18H2,2H3. The maximum absolute atomic E-state index is 14.7. The summed E-state index contributed by atoms with van der Waals surface area (Å²) < 4.78 is 20.9. The van der Waals surface area contributed by atoms with Gasteiger partial charge >= 0.3 is 6.01 Å². The van der Waals surface area contributed by atoms with Gasteiger partial charge in [0.2, 0.25) is 0 Å². The number of pyridine rings is 1. The van der Waals surface area contributed by atoms with Crippen molar-refractivity contribution in [2.24, 2.45) is 0 Å². The number of fused-ring (bicyclic) bond motifs is 4. The highest BCUT2D eigenvalue weighted by Gasteiger charge is 2.34. The Hall–Kier alpha value is -3.80. The Balaban J connectivity index is 1.34. The van der Waals surface area contributed by atoms with Crippen molar-refractivity contribution in [2.75, 3.05) is 38.2 Å². The molecule has 8 heteroatoms. The van der Waals surface area contributed by atoms with Crippen LogP contribution >= 0.6 is 0 Å². The number of nitrogens with zero attached hydrogens (tertiary/aromatic N) is 5. The van der Waals surface area contributed by atoms with E-state index in [0.717, 1.165) is 48.2 Å². The van der Waals surface area contributed by atoms with E-state index in [1.54, 1.807) is 6.07 Å². The Labute approximate surface area is 227 Å². The Kier molecular flexibility index (Phi) is 6.06. The summed E-state index contributed by atoms with van der Waals surface area (Å²) in [5.41, 5.74) is 2.27. The fourth-order valence-corrected chi connectivity index (χ4v) is 6.47. The molecule has 0 saturated carbocycles. The molecule has 3 aliphatic rings. The molecule has 4 aromatic rings. The predicted octanol–water partition coefficient (Wildman–Crippen LogP) is 4.38. The van der Waals surface area contributed by atoms with Gasteiger partial charge in [0.05, 0.1) is 16.6 Å². The second kappa shape index (κ2) is 9.74. The number of likely N-dealkylation sites (N-methyl/N-ethyl adjacent to an activating group) is 1. The van der Waals surface area contributed by atoms with Crippen LogP contribution in [0, 0.1) is 18.2 Å². The maximum Gasteiger partial charge on any atom is 0.320 e. The van der Waals surface area contributed by atoms with Crippen LogP contribution in [-0.4, -0.2) is 71.3 Å². The third kappa shape index (κ3) is 4.36. The van der Waals surface area contributed by atoms with Gasteiger partial charge in [-0.3, -0.25) is 0 Å². The minimum atomic E-state index is -0.413. The number of ether oxygens (including phenoxy) is 1. The molecule has 2 bridgehead atoms. The molecule has 1 N–H and O–H groups in total. The molecule has 5 heterocycles. The van der Waals surface area contributed by atoms with Gasteiger partial charge in [0, 0.05) is 42.2 Å². The second-order valence-corrected chi connectivity index (χ2v) is 11.0. The van der Waals surface area contributed by atoms with Gasteiger partial charge in [-0.2, -0.15) is 9.97 Å². The van der Waals surface area contributed by atoms with E-state index in [9.17, 15) is 4.39 Å². The van der Waals surface area contributed by atoms with Crippen molar-refractivity contribution < 1.29 is 9.13 Å². The van der Waals surface area contributed by atoms with Crippen molar-refractivity contribution in [1.29, 1.82) is 0 Å². The lowest BCUT2D eigenvalue weighted by Crippen LogP contribution is -2.51. The molecule has 3 atom stereocenters. The Morgan fingerprint density at radius 2 is 1.90 bits per heavy atom. The van der Waals surface area contributed by atoms with Gasteiger partial charge < -0.3 is 19.9 Å². The number of hydrogen-bond donors (Lipinski definition) is 1. The van der Waals surface area contributed by atoms with Gasteiger partial charge in [0.25, 0.3) is 0 Å². The third-order valence-electron chi connectivity index (χ3n) is 8.53. The van der Waals surface area contributed by atoms with E-state index in [2.05, 4.69) is 28.1 Å². The number of nitrogens with one attached hydrogen (secondary N) is 1. The SMILES string of the molecule is C#Cc1c(F)ccc2cccc(-c3ccc4c(N5CC6CCC(C5)N6)nc(OCC5CCCN5C)nc4n3)c12. The molecule has 0 spiro atoms. The first-order chi connectivity index (χ1) is 19.1. The molecule has 3 fully saturated rings. The highest BCUT2D eigenvalue weighted by atomic mass is 19.1. The van der Waals surface area contributed by atoms with E-state index in [4.69, 9.17) is 26.1 Å². The molecule has 3 aliphatic heterocycles. The molecule has 3 saturated heterocycles. The smallest absolute Gasteiger partial charge is 0.320 e. The van der Waals surface area contributed by atoms with Crippen LogP contribution in [0.3, 0.4) is 0 Å². The molecule has 0 aliphatic carbocycles. The van der Waals surface area contributed by atoms with Crippen molar-refractivity contribution in [3.8, 4) is 29.6 Å². The molecular formula is C31H31FN6O. The molecule has 0 amide bonds. The average molecular weight is 523 g/mol. The summed E-state index contributed by atoms with van der Waals surface area (Å²) in [6, 6.07) is 14.6. The zero-order valence-electron chi connectivity index (χ0n) is 22.0. The van der Waals surface area contributed by atoms with Crippen LogP contribution in [-0.2, 0) is 0 Å². The minimum absolute atomic E-state index is 0.245.